The maximum Gasteiger partial charge on any atom is 0.146 e. The molecule has 0 radical (unpaired) electrons. The zero-order valence-corrected chi connectivity index (χ0v) is 7.85. The number of nitrogens with zero attached hydrogens (tertiary/aromatic N) is 4. The summed E-state index contributed by atoms with van der Waals surface area (Å²) in [5, 5.41) is 7.87. The molecule has 0 saturated carbocycles. The van der Waals surface area contributed by atoms with Crippen LogP contribution < -0.4 is 5.73 Å². The van der Waals surface area contributed by atoms with Gasteiger partial charge in [0.1, 0.15) is 12.2 Å². The van der Waals surface area contributed by atoms with Gasteiger partial charge in [0.05, 0.1) is 6.54 Å². The Morgan fingerprint density at radius 3 is 3.08 bits per heavy atom. The third-order valence-corrected chi connectivity index (χ3v) is 2.48. The fourth-order valence-corrected chi connectivity index (χ4v) is 1.66. The third-order valence-electron chi connectivity index (χ3n) is 2.48. The lowest BCUT2D eigenvalue weighted by atomic mass is 10.3. The Balaban J connectivity index is 1.95. The van der Waals surface area contributed by atoms with Crippen LogP contribution >= 0.6 is 0 Å². The summed E-state index contributed by atoms with van der Waals surface area (Å²) in [6.45, 7) is 2.92. The van der Waals surface area contributed by atoms with Crippen LogP contribution in [0.3, 0.4) is 0 Å². The molecule has 72 valence electrons. The lowest BCUT2D eigenvalue weighted by molar-refractivity contribution is 0.314. The summed E-state index contributed by atoms with van der Waals surface area (Å²) in [6.07, 6.45) is 2.82. The molecule has 1 aliphatic rings. The first kappa shape index (κ1) is 8.65. The first-order valence-corrected chi connectivity index (χ1v) is 4.56. The molecule has 5 heteroatoms. The van der Waals surface area contributed by atoms with Gasteiger partial charge in [0.2, 0.25) is 0 Å². The molecule has 1 atom stereocenters. The predicted molar refractivity (Wildman–Crippen MR) is 48.9 cm³/mol. The summed E-state index contributed by atoms with van der Waals surface area (Å²) in [7, 11) is 1.96. The van der Waals surface area contributed by atoms with Crippen LogP contribution in [0.4, 0.5) is 0 Å². The third kappa shape index (κ3) is 1.87. The molecule has 0 aliphatic carbocycles. The fraction of sp³-hybridized carbons (Fsp3) is 0.750. The largest absolute Gasteiger partial charge is 0.326 e. The average Bonchev–Trinajstić information content (AvgIpc) is 2.64. The molecule has 0 amide bonds. The van der Waals surface area contributed by atoms with Gasteiger partial charge in [0.25, 0.3) is 0 Å². The van der Waals surface area contributed by atoms with Gasteiger partial charge >= 0.3 is 0 Å². The van der Waals surface area contributed by atoms with Crippen molar-refractivity contribution >= 4 is 0 Å². The van der Waals surface area contributed by atoms with Crippen molar-refractivity contribution in [3.8, 4) is 0 Å². The fourth-order valence-electron chi connectivity index (χ4n) is 1.66. The van der Waals surface area contributed by atoms with E-state index >= 15 is 0 Å². The van der Waals surface area contributed by atoms with Gasteiger partial charge in [-0.1, -0.05) is 0 Å². The quantitative estimate of drug-likeness (QED) is 0.658. The molecular formula is C8H15N5. The van der Waals surface area contributed by atoms with Crippen LogP contribution in [0.2, 0.25) is 0 Å². The maximum absolute atomic E-state index is 5.81. The predicted octanol–water partition coefficient (Wildman–Crippen LogP) is -0.652. The Hall–Kier alpha value is -0.940. The van der Waals surface area contributed by atoms with Crippen molar-refractivity contribution in [2.24, 2.45) is 12.8 Å². The summed E-state index contributed by atoms with van der Waals surface area (Å²) >= 11 is 0. The summed E-state index contributed by atoms with van der Waals surface area (Å²) < 4.78 is 1.95. The minimum atomic E-state index is 0.341. The molecule has 0 spiro atoms. The van der Waals surface area contributed by atoms with E-state index in [2.05, 4.69) is 15.1 Å². The molecule has 1 fully saturated rings. The van der Waals surface area contributed by atoms with Gasteiger partial charge in [-0.25, -0.2) is 0 Å². The second-order valence-electron chi connectivity index (χ2n) is 3.64. The normalized spacial score (nSPS) is 24.0. The van der Waals surface area contributed by atoms with E-state index in [-0.39, 0.29) is 0 Å². The van der Waals surface area contributed by atoms with E-state index in [1.165, 1.54) is 0 Å². The second kappa shape index (κ2) is 3.43. The summed E-state index contributed by atoms with van der Waals surface area (Å²) in [5.74, 6) is 1.01. The Labute approximate surface area is 77.5 Å². The highest BCUT2D eigenvalue weighted by atomic mass is 15.3. The van der Waals surface area contributed by atoms with Crippen molar-refractivity contribution < 1.29 is 0 Å². The SMILES string of the molecule is Cn1cnnc1CN1CC[C@H](N)C1. The van der Waals surface area contributed by atoms with Gasteiger partial charge in [-0.2, -0.15) is 0 Å². The summed E-state index contributed by atoms with van der Waals surface area (Å²) in [4.78, 5) is 2.31. The van der Waals surface area contributed by atoms with Crippen molar-refractivity contribution in [1.29, 1.82) is 0 Å². The van der Waals surface area contributed by atoms with E-state index in [0.717, 1.165) is 31.9 Å². The van der Waals surface area contributed by atoms with Crippen molar-refractivity contribution in [3.05, 3.63) is 12.2 Å². The lowest BCUT2D eigenvalue weighted by Crippen LogP contribution is -2.27. The number of hydrogen-bond acceptors (Lipinski definition) is 4. The average molecular weight is 181 g/mol. The Morgan fingerprint density at radius 1 is 1.69 bits per heavy atom. The van der Waals surface area contributed by atoms with Crippen LogP contribution in [0.5, 0.6) is 0 Å². The molecule has 2 N–H and O–H groups in total. The van der Waals surface area contributed by atoms with Crippen molar-refractivity contribution in [2.45, 2.75) is 19.0 Å². The number of aromatic nitrogens is 3. The van der Waals surface area contributed by atoms with E-state index in [1.807, 2.05) is 11.6 Å². The van der Waals surface area contributed by atoms with Crippen molar-refractivity contribution in [3.63, 3.8) is 0 Å². The van der Waals surface area contributed by atoms with Gasteiger partial charge < -0.3 is 10.3 Å². The van der Waals surface area contributed by atoms with Crippen molar-refractivity contribution in [1.82, 2.24) is 19.7 Å². The molecule has 5 nitrogen and oxygen atoms in total. The Morgan fingerprint density at radius 2 is 2.54 bits per heavy atom. The molecule has 0 aromatic carbocycles. The second-order valence-corrected chi connectivity index (χ2v) is 3.64. The first-order chi connectivity index (χ1) is 6.25. The van der Waals surface area contributed by atoms with E-state index in [4.69, 9.17) is 5.73 Å². The monoisotopic (exact) mass is 181 g/mol. The van der Waals surface area contributed by atoms with Gasteiger partial charge in [0, 0.05) is 26.2 Å². The molecule has 0 bridgehead atoms. The standard InChI is InChI=1S/C8H15N5/c1-12-6-10-11-8(12)5-13-3-2-7(9)4-13/h6-7H,2-5,9H2,1H3/t7-/m0/s1. The zero-order chi connectivity index (χ0) is 9.26. The molecule has 1 saturated heterocycles. The van der Waals surface area contributed by atoms with Crippen LogP contribution in [0.15, 0.2) is 6.33 Å². The van der Waals surface area contributed by atoms with E-state index in [9.17, 15) is 0 Å². The highest BCUT2D eigenvalue weighted by Crippen LogP contribution is 2.09. The minimum absolute atomic E-state index is 0.341. The van der Waals surface area contributed by atoms with E-state index in [1.54, 1.807) is 6.33 Å². The summed E-state index contributed by atoms with van der Waals surface area (Å²) in [5.41, 5.74) is 5.81. The molecule has 0 unspecified atom stereocenters. The number of hydrogen-bond donors (Lipinski definition) is 1. The topological polar surface area (TPSA) is 60.0 Å². The summed E-state index contributed by atoms with van der Waals surface area (Å²) in [6, 6.07) is 0.341. The molecular weight excluding hydrogens is 166 g/mol. The maximum atomic E-state index is 5.81. The Kier molecular flexibility index (Phi) is 2.28. The van der Waals surface area contributed by atoms with Crippen LogP contribution in [-0.4, -0.2) is 38.8 Å². The van der Waals surface area contributed by atoms with Gasteiger partial charge in [-0.3, -0.25) is 4.90 Å². The smallest absolute Gasteiger partial charge is 0.146 e. The van der Waals surface area contributed by atoms with Gasteiger partial charge in [-0.05, 0) is 6.42 Å². The highest BCUT2D eigenvalue weighted by Gasteiger charge is 2.20. The number of aryl methyl sites for hydroxylation is 1. The van der Waals surface area contributed by atoms with Gasteiger partial charge in [0.15, 0.2) is 0 Å². The number of rotatable bonds is 2. The zero-order valence-electron chi connectivity index (χ0n) is 7.85. The molecule has 2 heterocycles. The van der Waals surface area contributed by atoms with Crippen molar-refractivity contribution in [2.75, 3.05) is 13.1 Å². The van der Waals surface area contributed by atoms with Crippen LogP contribution in [-0.2, 0) is 13.6 Å². The van der Waals surface area contributed by atoms with Gasteiger partial charge in [-0.15, -0.1) is 10.2 Å². The first-order valence-electron chi connectivity index (χ1n) is 4.56. The minimum Gasteiger partial charge on any atom is -0.326 e. The number of nitrogens with two attached hydrogens (primary N) is 1. The molecule has 2 rings (SSSR count). The lowest BCUT2D eigenvalue weighted by Gasteiger charge is -2.13. The Bertz CT molecular complexity index is 282. The van der Waals surface area contributed by atoms with Crippen LogP contribution in [0.1, 0.15) is 12.2 Å². The molecule has 13 heavy (non-hydrogen) atoms. The molecule has 1 aromatic rings. The molecule has 1 aliphatic heterocycles. The van der Waals surface area contributed by atoms with Crippen LogP contribution in [0.25, 0.3) is 0 Å². The van der Waals surface area contributed by atoms with Crippen LogP contribution in [0, 0.1) is 0 Å². The highest BCUT2D eigenvalue weighted by molar-refractivity contribution is 4.87. The molecule has 1 aromatic heterocycles. The van der Waals surface area contributed by atoms with E-state index in [0.29, 0.717) is 6.04 Å². The van der Waals surface area contributed by atoms with E-state index < -0.39 is 0 Å². The number of likely N-dealkylation sites (tertiary alicyclic amines) is 1.